The molecule has 5 rings (SSSR count). The molecule has 1 aliphatic heterocycles. The van der Waals surface area contributed by atoms with Crippen molar-refractivity contribution < 1.29 is 18.0 Å². The van der Waals surface area contributed by atoms with Gasteiger partial charge in [-0.15, -0.1) is 0 Å². The Morgan fingerprint density at radius 2 is 2.00 bits per heavy atom. The van der Waals surface area contributed by atoms with Gasteiger partial charge in [0.1, 0.15) is 23.5 Å². The Balaban J connectivity index is 1.39. The number of nitrogens with zero attached hydrogens (tertiary/aromatic N) is 6. The summed E-state index contributed by atoms with van der Waals surface area (Å²) < 4.78 is 39.8. The van der Waals surface area contributed by atoms with Crippen LogP contribution < -0.4 is 4.90 Å². The predicted octanol–water partition coefficient (Wildman–Crippen LogP) is 4.66. The summed E-state index contributed by atoms with van der Waals surface area (Å²) >= 11 is 0. The minimum Gasteiger partial charge on any atom is -0.351 e. The first-order chi connectivity index (χ1) is 17.4. The molecule has 1 N–H and O–H groups in total. The number of H-pyrrole nitrogens is 1. The van der Waals surface area contributed by atoms with E-state index >= 15 is 0 Å². The number of carbonyl (C=O) groups excluding carboxylic acids is 1. The van der Waals surface area contributed by atoms with E-state index < -0.39 is 12.6 Å². The van der Waals surface area contributed by atoms with Crippen molar-refractivity contribution in [3.05, 3.63) is 65.6 Å². The zero-order valence-corrected chi connectivity index (χ0v) is 19.6. The first kappa shape index (κ1) is 24.0. The summed E-state index contributed by atoms with van der Waals surface area (Å²) in [5, 5.41) is 5.49. The molecule has 1 aliphatic rings. The molecule has 0 fully saturated rings. The first-order valence-electron chi connectivity index (χ1n) is 12.0. The van der Waals surface area contributed by atoms with Gasteiger partial charge in [-0.05, 0) is 37.5 Å². The molecule has 4 aromatic rings. The SMILES string of the molecule is O=C(CCCC(F)(F)F)c1nn(CCCc2ccccn2)c2c1CN(c1ncnc3[nH]ccc13)CC2. The Labute approximate surface area is 205 Å². The number of alkyl halides is 3. The number of pyridine rings is 1. The Kier molecular flexibility index (Phi) is 6.71. The number of hydrogen-bond donors (Lipinski definition) is 1. The average molecular weight is 498 g/mol. The number of anilines is 1. The molecular formula is C25H26F3N7O. The second kappa shape index (κ2) is 10.1. The molecule has 0 amide bonds. The topological polar surface area (TPSA) is 92.6 Å². The Hall–Kier alpha value is -3.76. The van der Waals surface area contributed by atoms with Crippen LogP contribution in [0.1, 0.15) is 53.1 Å². The van der Waals surface area contributed by atoms with E-state index in [0.717, 1.165) is 46.6 Å². The van der Waals surface area contributed by atoms with Crippen LogP contribution >= 0.6 is 0 Å². The lowest BCUT2D eigenvalue weighted by molar-refractivity contribution is -0.135. The second-order valence-corrected chi connectivity index (χ2v) is 8.92. The molecule has 0 aliphatic carbocycles. The number of halogens is 3. The van der Waals surface area contributed by atoms with E-state index in [9.17, 15) is 18.0 Å². The van der Waals surface area contributed by atoms with Gasteiger partial charge in [0.25, 0.3) is 0 Å². The maximum atomic E-state index is 13.0. The number of carbonyl (C=O) groups is 1. The van der Waals surface area contributed by atoms with E-state index in [4.69, 9.17) is 0 Å². The van der Waals surface area contributed by atoms with Crippen LogP contribution in [-0.4, -0.2) is 48.2 Å². The lowest BCUT2D eigenvalue weighted by Gasteiger charge is -2.29. The van der Waals surface area contributed by atoms with Gasteiger partial charge < -0.3 is 9.88 Å². The number of nitrogens with one attached hydrogen (secondary N) is 1. The normalized spacial score (nSPS) is 13.8. The number of fused-ring (bicyclic) bond motifs is 2. The van der Waals surface area contributed by atoms with Crippen LogP contribution in [0.25, 0.3) is 11.0 Å². The lowest BCUT2D eigenvalue weighted by atomic mass is 10.0. The van der Waals surface area contributed by atoms with Gasteiger partial charge in [-0.25, -0.2) is 9.97 Å². The Morgan fingerprint density at radius 1 is 1.11 bits per heavy atom. The van der Waals surface area contributed by atoms with Gasteiger partial charge in [0.15, 0.2) is 5.78 Å². The third-order valence-electron chi connectivity index (χ3n) is 6.42. The van der Waals surface area contributed by atoms with Crippen LogP contribution in [0.15, 0.2) is 43.0 Å². The van der Waals surface area contributed by atoms with Gasteiger partial charge in [-0.1, -0.05) is 6.07 Å². The van der Waals surface area contributed by atoms with Gasteiger partial charge in [0.05, 0.1) is 5.39 Å². The van der Waals surface area contributed by atoms with Gasteiger partial charge in [0.2, 0.25) is 0 Å². The average Bonchev–Trinajstić information content (AvgIpc) is 3.48. The summed E-state index contributed by atoms with van der Waals surface area (Å²) in [7, 11) is 0. The zero-order valence-electron chi connectivity index (χ0n) is 19.6. The summed E-state index contributed by atoms with van der Waals surface area (Å²) in [4.78, 5) is 31.2. The van der Waals surface area contributed by atoms with E-state index in [1.54, 1.807) is 12.4 Å². The molecule has 0 atom stereocenters. The molecule has 188 valence electrons. The third-order valence-corrected chi connectivity index (χ3v) is 6.42. The highest BCUT2D eigenvalue weighted by Gasteiger charge is 2.31. The summed E-state index contributed by atoms with van der Waals surface area (Å²) in [6.07, 6.45) is 1.55. The van der Waals surface area contributed by atoms with E-state index in [1.165, 1.54) is 6.33 Å². The second-order valence-electron chi connectivity index (χ2n) is 8.92. The molecule has 11 heteroatoms. The summed E-state index contributed by atoms with van der Waals surface area (Å²) in [5.74, 6) is 0.403. The zero-order chi connectivity index (χ0) is 25.1. The van der Waals surface area contributed by atoms with Crippen molar-refractivity contribution in [1.29, 1.82) is 0 Å². The van der Waals surface area contributed by atoms with Crippen LogP contribution in [0.2, 0.25) is 0 Å². The molecule has 0 bridgehead atoms. The van der Waals surface area contributed by atoms with Gasteiger partial charge in [-0.2, -0.15) is 18.3 Å². The molecule has 0 saturated carbocycles. The molecule has 0 spiro atoms. The number of aromatic amines is 1. The maximum Gasteiger partial charge on any atom is 0.389 e. The monoisotopic (exact) mass is 497 g/mol. The van der Waals surface area contributed by atoms with Crippen LogP contribution in [0.4, 0.5) is 19.0 Å². The largest absolute Gasteiger partial charge is 0.389 e. The van der Waals surface area contributed by atoms with Crippen molar-refractivity contribution in [3.8, 4) is 0 Å². The van der Waals surface area contributed by atoms with Crippen molar-refractivity contribution in [2.45, 2.75) is 57.8 Å². The number of ketones is 1. The number of rotatable bonds is 9. The van der Waals surface area contributed by atoms with Crippen molar-refractivity contribution in [1.82, 2.24) is 29.7 Å². The number of Topliss-reactive ketones (excluding diaryl/α,β-unsaturated/α-hetero) is 1. The minimum absolute atomic E-state index is 0.188. The number of aryl methyl sites for hydroxylation is 2. The molecule has 5 heterocycles. The highest BCUT2D eigenvalue weighted by Crippen LogP contribution is 2.31. The Bertz CT molecular complexity index is 1350. The molecule has 36 heavy (non-hydrogen) atoms. The van der Waals surface area contributed by atoms with Crippen LogP contribution in [0.5, 0.6) is 0 Å². The van der Waals surface area contributed by atoms with Gasteiger partial charge in [0, 0.05) is 68.2 Å². The van der Waals surface area contributed by atoms with E-state index in [-0.39, 0.29) is 24.3 Å². The molecule has 4 aromatic heterocycles. The van der Waals surface area contributed by atoms with Crippen LogP contribution in [0.3, 0.4) is 0 Å². The van der Waals surface area contributed by atoms with Crippen molar-refractivity contribution >= 4 is 22.6 Å². The number of aromatic nitrogens is 6. The number of hydrogen-bond acceptors (Lipinski definition) is 6. The highest BCUT2D eigenvalue weighted by atomic mass is 19.4. The summed E-state index contributed by atoms with van der Waals surface area (Å²) in [5.41, 5.74) is 3.71. The Morgan fingerprint density at radius 3 is 2.81 bits per heavy atom. The maximum absolute atomic E-state index is 13.0. The molecular weight excluding hydrogens is 471 g/mol. The molecule has 8 nitrogen and oxygen atoms in total. The third kappa shape index (κ3) is 5.24. The van der Waals surface area contributed by atoms with E-state index in [1.807, 2.05) is 28.9 Å². The standard InChI is InChI=1S/C25H26F3N7O/c26-25(27,28)10-3-7-21(36)22-19-15-34(24-18-8-12-30-23(18)31-16-32-24)14-9-20(19)35(33-22)13-4-6-17-5-1-2-11-29-17/h1-2,5,8,11-12,16H,3-4,6-7,9-10,13-15H2,(H,30,31,32). The fourth-order valence-corrected chi connectivity index (χ4v) is 4.71. The molecule has 0 aromatic carbocycles. The van der Waals surface area contributed by atoms with Crippen LogP contribution in [-0.2, 0) is 25.9 Å². The molecule has 0 radical (unpaired) electrons. The highest BCUT2D eigenvalue weighted by molar-refractivity contribution is 5.96. The fourth-order valence-electron chi connectivity index (χ4n) is 4.71. The lowest BCUT2D eigenvalue weighted by Crippen LogP contribution is -2.32. The van der Waals surface area contributed by atoms with E-state index in [2.05, 4.69) is 29.9 Å². The summed E-state index contributed by atoms with van der Waals surface area (Å²) in [6, 6.07) is 7.69. The van der Waals surface area contributed by atoms with Gasteiger partial charge >= 0.3 is 6.18 Å². The predicted molar refractivity (Wildman–Crippen MR) is 128 cm³/mol. The van der Waals surface area contributed by atoms with Crippen molar-refractivity contribution in [2.24, 2.45) is 0 Å². The first-order valence-corrected chi connectivity index (χ1v) is 12.0. The quantitative estimate of drug-likeness (QED) is 0.338. The minimum atomic E-state index is -4.28. The van der Waals surface area contributed by atoms with Gasteiger partial charge in [-0.3, -0.25) is 14.5 Å². The van der Waals surface area contributed by atoms with Crippen LogP contribution in [0, 0.1) is 0 Å². The smallest absolute Gasteiger partial charge is 0.351 e. The molecule has 0 saturated heterocycles. The molecule has 0 unspecified atom stereocenters. The van der Waals surface area contributed by atoms with E-state index in [0.29, 0.717) is 26.1 Å². The van der Waals surface area contributed by atoms with Crippen molar-refractivity contribution in [3.63, 3.8) is 0 Å². The summed E-state index contributed by atoms with van der Waals surface area (Å²) in [6.45, 7) is 1.69. The van der Waals surface area contributed by atoms with Crippen molar-refractivity contribution in [2.75, 3.05) is 11.4 Å². The fraction of sp³-hybridized carbons (Fsp3) is 0.400.